The third-order valence-electron chi connectivity index (χ3n) is 2.70. The van der Waals surface area contributed by atoms with Gasteiger partial charge >= 0.3 is 0 Å². The van der Waals surface area contributed by atoms with E-state index in [2.05, 4.69) is 29.8 Å². The van der Waals surface area contributed by atoms with Gasteiger partial charge < -0.3 is 16.0 Å². The lowest BCUT2D eigenvalue weighted by Crippen LogP contribution is -2.24. The lowest BCUT2D eigenvalue weighted by Gasteiger charge is -2.10. The summed E-state index contributed by atoms with van der Waals surface area (Å²) in [5.41, 5.74) is 1.15. The average Bonchev–Trinajstić information content (AvgIpc) is 2.37. The molecule has 21 heavy (non-hydrogen) atoms. The Morgan fingerprint density at radius 1 is 1.24 bits per heavy atom. The molecule has 0 heterocycles. The number of nitrogens with one attached hydrogen (secondary N) is 3. The Hall–Kier alpha value is -1.59. The first-order valence-corrected chi connectivity index (χ1v) is 7.36. The molecule has 6 heteroatoms. The van der Waals surface area contributed by atoms with Crippen molar-refractivity contribution >= 4 is 34.8 Å². The maximum absolute atomic E-state index is 11.8. The van der Waals surface area contributed by atoms with Gasteiger partial charge in [0.05, 0.1) is 10.7 Å². The number of benzene rings is 1. The maximum atomic E-state index is 11.8. The van der Waals surface area contributed by atoms with E-state index in [1.807, 2.05) is 0 Å². The number of amides is 2. The maximum Gasteiger partial charge on any atom is 0.224 e. The minimum Gasteiger partial charge on any atom is -0.326 e. The first-order valence-electron chi connectivity index (χ1n) is 6.99. The van der Waals surface area contributed by atoms with Crippen LogP contribution in [0.3, 0.4) is 0 Å². The van der Waals surface area contributed by atoms with Crippen molar-refractivity contribution in [3.05, 3.63) is 23.2 Å². The fraction of sp³-hybridized carbons (Fsp3) is 0.467. The smallest absolute Gasteiger partial charge is 0.224 e. The van der Waals surface area contributed by atoms with Crippen molar-refractivity contribution in [3.63, 3.8) is 0 Å². The van der Waals surface area contributed by atoms with Gasteiger partial charge in [-0.05, 0) is 31.2 Å². The Bertz CT molecular complexity index is 504. The molecule has 2 amide bonds. The fourth-order valence-corrected chi connectivity index (χ4v) is 1.97. The Kier molecular flexibility index (Phi) is 7.19. The van der Waals surface area contributed by atoms with E-state index in [1.54, 1.807) is 18.2 Å². The van der Waals surface area contributed by atoms with Gasteiger partial charge in [-0.1, -0.05) is 25.4 Å². The highest BCUT2D eigenvalue weighted by Gasteiger charge is 2.06. The molecular formula is C15H22ClN3O2. The number of anilines is 2. The minimum absolute atomic E-state index is 0.0519. The van der Waals surface area contributed by atoms with Gasteiger partial charge in [0.15, 0.2) is 0 Å². The SMILES string of the molecule is CC(=O)Nc1ccc(NC(=O)CCCNC(C)C)cc1Cl. The molecule has 1 aromatic rings. The van der Waals surface area contributed by atoms with E-state index < -0.39 is 0 Å². The largest absolute Gasteiger partial charge is 0.326 e. The molecule has 0 aliphatic rings. The van der Waals surface area contributed by atoms with Gasteiger partial charge in [-0.3, -0.25) is 9.59 Å². The summed E-state index contributed by atoms with van der Waals surface area (Å²) in [4.78, 5) is 22.8. The second kappa shape index (κ2) is 8.64. The molecule has 0 aliphatic carbocycles. The van der Waals surface area contributed by atoms with Crippen molar-refractivity contribution in [1.82, 2.24) is 5.32 Å². The van der Waals surface area contributed by atoms with Crippen LogP contribution in [0.2, 0.25) is 5.02 Å². The predicted molar refractivity (Wildman–Crippen MR) is 86.8 cm³/mol. The summed E-state index contributed by atoms with van der Waals surface area (Å²) in [5.74, 6) is -0.241. The molecule has 0 bridgehead atoms. The van der Waals surface area contributed by atoms with Crippen LogP contribution in [0.15, 0.2) is 18.2 Å². The Labute approximate surface area is 130 Å². The summed E-state index contributed by atoms with van der Waals surface area (Å²) in [6.45, 7) is 6.36. The first-order chi connectivity index (χ1) is 9.88. The van der Waals surface area contributed by atoms with Crippen LogP contribution in [0, 0.1) is 0 Å². The van der Waals surface area contributed by atoms with Gasteiger partial charge in [-0.2, -0.15) is 0 Å². The second-order valence-corrected chi connectivity index (χ2v) is 5.54. The Balaban J connectivity index is 2.45. The van der Waals surface area contributed by atoms with E-state index in [0.29, 0.717) is 28.9 Å². The zero-order valence-corrected chi connectivity index (χ0v) is 13.4. The van der Waals surface area contributed by atoms with Crippen molar-refractivity contribution in [1.29, 1.82) is 0 Å². The summed E-state index contributed by atoms with van der Waals surface area (Å²) < 4.78 is 0. The molecule has 0 saturated carbocycles. The van der Waals surface area contributed by atoms with Crippen LogP contribution in [0.5, 0.6) is 0 Å². The predicted octanol–water partition coefficient (Wildman–Crippen LogP) is 3.02. The summed E-state index contributed by atoms with van der Waals surface area (Å²) in [5, 5.41) is 9.05. The van der Waals surface area contributed by atoms with Gasteiger partial charge in [-0.25, -0.2) is 0 Å². The normalized spacial score (nSPS) is 10.5. The van der Waals surface area contributed by atoms with Crippen LogP contribution in [0.25, 0.3) is 0 Å². The highest BCUT2D eigenvalue weighted by Crippen LogP contribution is 2.25. The first kappa shape index (κ1) is 17.5. The topological polar surface area (TPSA) is 70.2 Å². The summed E-state index contributed by atoms with van der Waals surface area (Å²) in [6.07, 6.45) is 1.23. The van der Waals surface area contributed by atoms with E-state index >= 15 is 0 Å². The molecule has 0 atom stereocenters. The third-order valence-corrected chi connectivity index (χ3v) is 3.01. The number of hydrogen-bond acceptors (Lipinski definition) is 3. The van der Waals surface area contributed by atoms with E-state index in [-0.39, 0.29) is 11.8 Å². The Morgan fingerprint density at radius 2 is 1.95 bits per heavy atom. The van der Waals surface area contributed by atoms with Gasteiger partial charge in [0.1, 0.15) is 0 Å². The van der Waals surface area contributed by atoms with Gasteiger partial charge in [0.2, 0.25) is 11.8 Å². The standard InChI is InChI=1S/C15H22ClN3O2/c1-10(2)17-8-4-5-15(21)19-12-6-7-14(13(16)9-12)18-11(3)20/h6-7,9-10,17H,4-5,8H2,1-3H3,(H,18,20)(H,19,21). The van der Waals surface area contributed by atoms with Gasteiger partial charge in [0.25, 0.3) is 0 Å². The molecule has 116 valence electrons. The van der Waals surface area contributed by atoms with Crippen molar-refractivity contribution in [2.75, 3.05) is 17.2 Å². The zero-order valence-electron chi connectivity index (χ0n) is 12.6. The third kappa shape index (κ3) is 7.11. The highest BCUT2D eigenvalue weighted by molar-refractivity contribution is 6.34. The average molecular weight is 312 g/mol. The molecular weight excluding hydrogens is 290 g/mol. The molecule has 0 unspecified atom stereocenters. The molecule has 0 aliphatic heterocycles. The lowest BCUT2D eigenvalue weighted by atomic mass is 10.2. The quantitative estimate of drug-likeness (QED) is 0.678. The lowest BCUT2D eigenvalue weighted by molar-refractivity contribution is -0.116. The zero-order chi connectivity index (χ0) is 15.8. The van der Waals surface area contributed by atoms with Crippen LogP contribution in [0.4, 0.5) is 11.4 Å². The monoisotopic (exact) mass is 311 g/mol. The Morgan fingerprint density at radius 3 is 2.52 bits per heavy atom. The molecule has 0 radical (unpaired) electrons. The van der Waals surface area contributed by atoms with E-state index in [0.717, 1.165) is 13.0 Å². The summed E-state index contributed by atoms with van der Waals surface area (Å²) >= 11 is 6.04. The molecule has 1 aromatic carbocycles. The summed E-state index contributed by atoms with van der Waals surface area (Å²) in [7, 11) is 0. The molecule has 0 aromatic heterocycles. The van der Waals surface area contributed by atoms with Crippen LogP contribution in [-0.2, 0) is 9.59 Å². The van der Waals surface area contributed by atoms with Crippen LogP contribution in [-0.4, -0.2) is 24.4 Å². The molecule has 0 fully saturated rings. The number of rotatable bonds is 7. The molecule has 1 rings (SSSR count). The molecule has 0 spiro atoms. The van der Waals surface area contributed by atoms with Crippen molar-refractivity contribution in [2.45, 2.75) is 39.7 Å². The van der Waals surface area contributed by atoms with Crippen LogP contribution in [0.1, 0.15) is 33.6 Å². The number of carbonyl (C=O) groups is 2. The minimum atomic E-state index is -0.189. The van der Waals surface area contributed by atoms with Crippen LogP contribution >= 0.6 is 11.6 Å². The fourth-order valence-electron chi connectivity index (χ4n) is 1.75. The van der Waals surface area contributed by atoms with E-state index in [4.69, 9.17) is 11.6 Å². The second-order valence-electron chi connectivity index (χ2n) is 5.14. The highest BCUT2D eigenvalue weighted by atomic mass is 35.5. The number of hydrogen-bond donors (Lipinski definition) is 3. The van der Waals surface area contributed by atoms with E-state index in [9.17, 15) is 9.59 Å². The van der Waals surface area contributed by atoms with Crippen LogP contribution < -0.4 is 16.0 Å². The summed E-state index contributed by atoms with van der Waals surface area (Å²) in [6, 6.07) is 5.42. The van der Waals surface area contributed by atoms with Gasteiger partial charge in [-0.15, -0.1) is 0 Å². The van der Waals surface area contributed by atoms with Crippen molar-refractivity contribution < 1.29 is 9.59 Å². The number of halogens is 1. The van der Waals surface area contributed by atoms with Crippen molar-refractivity contribution in [2.24, 2.45) is 0 Å². The number of carbonyl (C=O) groups excluding carboxylic acids is 2. The molecule has 5 nitrogen and oxygen atoms in total. The molecule has 3 N–H and O–H groups in total. The van der Waals surface area contributed by atoms with Gasteiger partial charge in [0, 0.05) is 25.1 Å². The van der Waals surface area contributed by atoms with E-state index in [1.165, 1.54) is 6.92 Å². The van der Waals surface area contributed by atoms with Crippen molar-refractivity contribution in [3.8, 4) is 0 Å². The molecule has 0 saturated heterocycles.